The Morgan fingerprint density at radius 2 is 1.74 bits per heavy atom. The average molecular weight is 578 g/mol. The van der Waals surface area contributed by atoms with E-state index in [1.54, 1.807) is 10.8 Å². The summed E-state index contributed by atoms with van der Waals surface area (Å²) in [6, 6.07) is 9.91. The van der Waals surface area contributed by atoms with Crippen LogP contribution in [-0.4, -0.2) is 74.3 Å². The maximum absolute atomic E-state index is 14.1. The number of hydrogen-bond acceptors (Lipinski definition) is 8. The number of rotatable bonds is 8. The van der Waals surface area contributed by atoms with E-state index < -0.39 is 12.5 Å². The number of nitrogens with zero attached hydrogens (tertiary/aromatic N) is 6. The number of nitrogens with one attached hydrogen (secondary N) is 1. The number of fused-ring (bicyclic) bond motifs is 3. The summed E-state index contributed by atoms with van der Waals surface area (Å²) in [5.74, 6) is -2.82. The van der Waals surface area contributed by atoms with Crippen molar-refractivity contribution in [3.8, 4) is 0 Å². The molecule has 3 aromatic heterocycles. The molecule has 2 fully saturated rings. The van der Waals surface area contributed by atoms with Gasteiger partial charge in [0, 0.05) is 80.2 Å². The van der Waals surface area contributed by atoms with Crippen molar-refractivity contribution in [2.45, 2.75) is 63.6 Å². The number of aliphatic hydroxyl groups is 1. The van der Waals surface area contributed by atoms with E-state index >= 15 is 0 Å². The second-order valence-corrected chi connectivity index (χ2v) is 11.5. The molecule has 0 radical (unpaired) electrons. The minimum Gasteiger partial charge on any atom is -0.393 e. The molecule has 11 heteroatoms. The Labute approximate surface area is 243 Å². The van der Waals surface area contributed by atoms with Crippen LogP contribution in [-0.2, 0) is 6.54 Å². The van der Waals surface area contributed by atoms with Crippen LogP contribution in [0.2, 0.25) is 0 Å². The van der Waals surface area contributed by atoms with Gasteiger partial charge in [-0.2, -0.15) is 4.98 Å². The molecule has 42 heavy (non-hydrogen) atoms. The lowest BCUT2D eigenvalue weighted by molar-refractivity contribution is 0.0114. The van der Waals surface area contributed by atoms with Crippen molar-refractivity contribution in [2.75, 3.05) is 42.9 Å². The second kappa shape index (κ2) is 11.9. The van der Waals surface area contributed by atoms with E-state index in [9.17, 15) is 18.7 Å². The molecule has 1 saturated carbocycles. The van der Waals surface area contributed by atoms with Gasteiger partial charge in [-0.25, -0.2) is 13.8 Å². The Bertz CT molecular complexity index is 1600. The van der Waals surface area contributed by atoms with Crippen molar-refractivity contribution in [3.05, 3.63) is 64.8 Å². The van der Waals surface area contributed by atoms with E-state index in [1.165, 1.54) is 12.6 Å². The Morgan fingerprint density at radius 3 is 2.45 bits per heavy atom. The van der Waals surface area contributed by atoms with E-state index in [2.05, 4.69) is 30.1 Å². The summed E-state index contributed by atoms with van der Waals surface area (Å²) in [4.78, 5) is 31.9. The van der Waals surface area contributed by atoms with E-state index in [0.717, 1.165) is 43.7 Å². The third-order valence-electron chi connectivity index (χ3n) is 8.68. The van der Waals surface area contributed by atoms with Gasteiger partial charge in [0.25, 0.3) is 11.5 Å². The summed E-state index contributed by atoms with van der Waals surface area (Å²) >= 11 is 0. The van der Waals surface area contributed by atoms with E-state index in [-0.39, 0.29) is 30.1 Å². The third kappa shape index (κ3) is 5.94. The summed E-state index contributed by atoms with van der Waals surface area (Å²) in [5, 5.41) is 14.8. The number of piperazine rings is 1. The molecule has 9 nitrogen and oxygen atoms in total. The molecule has 4 heterocycles. The highest BCUT2D eigenvalue weighted by atomic mass is 19.3. The zero-order valence-electron chi connectivity index (χ0n) is 23.8. The van der Waals surface area contributed by atoms with Gasteiger partial charge in [-0.15, -0.1) is 0 Å². The van der Waals surface area contributed by atoms with Gasteiger partial charge in [-0.1, -0.05) is 19.1 Å². The molecular formula is C31H37F2N7O2. The normalized spacial score (nSPS) is 20.3. The van der Waals surface area contributed by atoms with E-state index in [0.29, 0.717) is 42.1 Å². The highest BCUT2D eigenvalue weighted by Gasteiger charge is 2.28. The number of hydrogen-bond donors (Lipinski definition) is 2. The molecule has 2 N–H and O–H groups in total. The first-order valence-corrected chi connectivity index (χ1v) is 14.8. The van der Waals surface area contributed by atoms with Crippen LogP contribution in [0.4, 0.5) is 20.4 Å². The SMILES string of the molecule is CCC(F)(F)CNc1ncc2c3ccc(CN4CCN(c5ccncc5)CC4)cc3c(=O)n(C3CCC(O)CC3)c2n1. The fourth-order valence-corrected chi connectivity index (χ4v) is 6.12. The topological polar surface area (TPSA) is 99.4 Å². The third-order valence-corrected chi connectivity index (χ3v) is 8.68. The lowest BCUT2D eigenvalue weighted by Crippen LogP contribution is -2.45. The highest BCUT2D eigenvalue weighted by molar-refractivity contribution is 6.04. The minimum absolute atomic E-state index is 0.0708. The van der Waals surface area contributed by atoms with Crippen LogP contribution < -0.4 is 15.8 Å². The summed E-state index contributed by atoms with van der Waals surface area (Å²) in [7, 11) is 0. The van der Waals surface area contributed by atoms with Crippen LogP contribution in [0.3, 0.4) is 0 Å². The van der Waals surface area contributed by atoms with Crippen molar-refractivity contribution in [2.24, 2.45) is 0 Å². The molecular weight excluding hydrogens is 540 g/mol. The van der Waals surface area contributed by atoms with E-state index in [1.807, 2.05) is 42.7 Å². The maximum Gasteiger partial charge on any atom is 0.264 e. The van der Waals surface area contributed by atoms with Gasteiger partial charge in [-0.3, -0.25) is 19.2 Å². The first-order valence-electron chi connectivity index (χ1n) is 14.8. The predicted octanol–water partition coefficient (Wildman–Crippen LogP) is 4.60. The summed E-state index contributed by atoms with van der Waals surface area (Å²) in [5.41, 5.74) is 2.53. The van der Waals surface area contributed by atoms with Crippen LogP contribution in [0.25, 0.3) is 21.8 Å². The molecule has 6 rings (SSSR count). The Morgan fingerprint density at radius 1 is 1.00 bits per heavy atom. The zero-order chi connectivity index (χ0) is 29.3. The number of pyridine rings is 2. The van der Waals surface area contributed by atoms with Crippen LogP contribution in [0.1, 0.15) is 50.6 Å². The first-order chi connectivity index (χ1) is 20.3. The van der Waals surface area contributed by atoms with Crippen LogP contribution in [0.5, 0.6) is 0 Å². The van der Waals surface area contributed by atoms with Crippen LogP contribution in [0, 0.1) is 0 Å². The minimum atomic E-state index is -2.89. The van der Waals surface area contributed by atoms with Crippen molar-refractivity contribution >= 4 is 33.4 Å². The number of aliphatic hydroxyl groups excluding tert-OH is 1. The number of aromatic nitrogens is 4. The number of anilines is 2. The Kier molecular flexibility index (Phi) is 8.04. The van der Waals surface area contributed by atoms with Crippen molar-refractivity contribution in [3.63, 3.8) is 0 Å². The number of benzene rings is 1. The first kappa shape index (κ1) is 28.4. The average Bonchev–Trinajstić information content (AvgIpc) is 3.02. The van der Waals surface area contributed by atoms with Crippen LogP contribution >= 0.6 is 0 Å². The van der Waals surface area contributed by atoms with Gasteiger partial charge < -0.3 is 15.3 Å². The monoisotopic (exact) mass is 577 g/mol. The summed E-state index contributed by atoms with van der Waals surface area (Å²) in [6.07, 6.45) is 7.07. The van der Waals surface area contributed by atoms with E-state index in [4.69, 9.17) is 0 Å². The van der Waals surface area contributed by atoms with Gasteiger partial charge in [0.15, 0.2) is 0 Å². The molecule has 0 unspecified atom stereocenters. The Hall–Kier alpha value is -3.70. The Balaban J connectivity index is 1.31. The molecule has 1 aromatic carbocycles. The van der Waals surface area contributed by atoms with Gasteiger partial charge in [0.2, 0.25) is 5.95 Å². The van der Waals surface area contributed by atoms with Crippen LogP contribution in [0.15, 0.2) is 53.7 Å². The number of halogens is 2. The molecule has 1 aliphatic heterocycles. The lowest BCUT2D eigenvalue weighted by Gasteiger charge is -2.36. The molecule has 0 spiro atoms. The molecule has 0 atom stereocenters. The highest BCUT2D eigenvalue weighted by Crippen LogP contribution is 2.32. The quantitative estimate of drug-likeness (QED) is 0.294. The maximum atomic E-state index is 14.1. The zero-order valence-corrected chi connectivity index (χ0v) is 23.8. The smallest absolute Gasteiger partial charge is 0.264 e. The molecule has 2 aliphatic rings. The van der Waals surface area contributed by atoms with Crippen molar-refractivity contribution in [1.82, 2.24) is 24.4 Å². The summed E-state index contributed by atoms with van der Waals surface area (Å²) < 4.78 is 29.6. The molecule has 222 valence electrons. The molecule has 1 saturated heterocycles. The van der Waals surface area contributed by atoms with Gasteiger partial charge >= 0.3 is 0 Å². The molecule has 0 bridgehead atoms. The second-order valence-electron chi connectivity index (χ2n) is 11.5. The molecule has 4 aromatic rings. The van der Waals surface area contributed by atoms with Crippen molar-refractivity contribution < 1.29 is 13.9 Å². The van der Waals surface area contributed by atoms with Gasteiger partial charge in [0.05, 0.1) is 12.6 Å². The lowest BCUT2D eigenvalue weighted by atomic mass is 9.92. The fourth-order valence-electron chi connectivity index (χ4n) is 6.12. The fraction of sp³-hybridized carbons (Fsp3) is 0.484. The van der Waals surface area contributed by atoms with Gasteiger partial charge in [0.1, 0.15) is 5.65 Å². The van der Waals surface area contributed by atoms with Crippen molar-refractivity contribution in [1.29, 1.82) is 0 Å². The summed E-state index contributed by atoms with van der Waals surface area (Å²) in [6.45, 7) is 5.24. The largest absolute Gasteiger partial charge is 0.393 e. The molecule has 0 amide bonds. The molecule has 1 aliphatic carbocycles. The predicted molar refractivity (Wildman–Crippen MR) is 160 cm³/mol. The van der Waals surface area contributed by atoms with Gasteiger partial charge in [-0.05, 0) is 54.8 Å². The number of alkyl halides is 2. The standard InChI is InChI=1S/C31H37F2N7O2/c1-2-31(32,33)20-36-30-35-18-27-25-8-3-21(19-38-13-15-39(16-14-38)22-9-11-34-12-10-22)17-26(25)29(42)40(28(27)37-30)23-4-6-24(41)7-5-23/h3,8-12,17-18,23-24,41H,2,4-7,13-16,19-20H2,1H3,(H,35,36,37).